The van der Waals surface area contributed by atoms with Crippen LogP contribution in [0.2, 0.25) is 0 Å². The first-order valence-electron chi connectivity index (χ1n) is 7.77. The molecule has 0 aliphatic heterocycles. The fourth-order valence-corrected chi connectivity index (χ4v) is 3.45. The van der Waals surface area contributed by atoms with Gasteiger partial charge >= 0.3 is 0 Å². The number of aliphatic imine (C=N–C) groups is 1. The van der Waals surface area contributed by atoms with Crippen LogP contribution in [-0.2, 0) is 12.8 Å². The van der Waals surface area contributed by atoms with Crippen molar-refractivity contribution >= 4 is 33.2 Å². The number of aromatic nitrogens is 1. The molecule has 0 unspecified atom stereocenters. The molecule has 4 nitrogen and oxygen atoms in total. The number of halogens is 1. The first-order chi connectivity index (χ1) is 11.2. The average molecular weight is 395 g/mol. The van der Waals surface area contributed by atoms with Crippen LogP contribution < -0.4 is 10.6 Å². The Hall–Kier alpha value is -1.40. The van der Waals surface area contributed by atoms with Crippen LogP contribution in [-0.4, -0.2) is 31.1 Å². The van der Waals surface area contributed by atoms with E-state index < -0.39 is 0 Å². The Kier molecular flexibility index (Phi) is 7.55. The number of aryl methyl sites for hydroxylation is 2. The van der Waals surface area contributed by atoms with Gasteiger partial charge in [0.25, 0.3) is 0 Å². The molecule has 2 N–H and O–H groups in total. The van der Waals surface area contributed by atoms with E-state index in [2.05, 4.69) is 67.7 Å². The number of rotatable bonds is 7. The molecule has 0 spiro atoms. The Morgan fingerprint density at radius 2 is 2.09 bits per heavy atom. The highest BCUT2D eigenvalue weighted by molar-refractivity contribution is 9.10. The molecule has 0 fully saturated rings. The highest BCUT2D eigenvalue weighted by atomic mass is 79.9. The number of hydrogen-bond acceptors (Lipinski definition) is 3. The van der Waals surface area contributed by atoms with E-state index >= 15 is 0 Å². The van der Waals surface area contributed by atoms with Gasteiger partial charge in [-0.3, -0.25) is 4.99 Å². The summed E-state index contributed by atoms with van der Waals surface area (Å²) in [4.78, 5) is 9.88. The summed E-state index contributed by atoms with van der Waals surface area (Å²) >= 11 is 5.26. The van der Waals surface area contributed by atoms with Crippen molar-refractivity contribution in [2.24, 2.45) is 4.99 Å². The standard InChI is InChI=1S/C17H23BrN4S/c1-13-12-22-16(23-13)8-10-21-17(19-2)20-9-4-6-14-5-3-7-15(18)11-14/h3,5,7,11-12H,4,6,8-10H2,1-2H3,(H2,19,20,21). The molecule has 6 heteroatoms. The monoisotopic (exact) mass is 394 g/mol. The molecular weight excluding hydrogens is 372 g/mol. The van der Waals surface area contributed by atoms with Crippen molar-refractivity contribution in [3.8, 4) is 0 Å². The van der Waals surface area contributed by atoms with Gasteiger partial charge in [-0.25, -0.2) is 4.98 Å². The molecule has 0 aliphatic carbocycles. The van der Waals surface area contributed by atoms with Crippen molar-refractivity contribution in [2.45, 2.75) is 26.2 Å². The maximum absolute atomic E-state index is 4.37. The molecule has 124 valence electrons. The molecule has 0 saturated heterocycles. The quantitative estimate of drug-likeness (QED) is 0.428. The maximum Gasteiger partial charge on any atom is 0.190 e. The third kappa shape index (κ3) is 6.71. The van der Waals surface area contributed by atoms with Gasteiger partial charge in [0, 0.05) is 42.1 Å². The molecule has 0 amide bonds. The predicted octanol–water partition coefficient (Wildman–Crippen LogP) is 3.55. The highest BCUT2D eigenvalue weighted by Crippen LogP contribution is 2.13. The molecule has 0 saturated carbocycles. The van der Waals surface area contributed by atoms with Crippen molar-refractivity contribution in [1.29, 1.82) is 0 Å². The number of hydrogen-bond donors (Lipinski definition) is 2. The van der Waals surface area contributed by atoms with Crippen LogP contribution in [0.15, 0.2) is 39.9 Å². The van der Waals surface area contributed by atoms with Crippen LogP contribution in [0.3, 0.4) is 0 Å². The maximum atomic E-state index is 4.37. The number of nitrogens with one attached hydrogen (secondary N) is 2. The van der Waals surface area contributed by atoms with Gasteiger partial charge in [0.1, 0.15) is 0 Å². The number of nitrogens with zero attached hydrogens (tertiary/aromatic N) is 2. The second kappa shape index (κ2) is 9.67. The van der Waals surface area contributed by atoms with Crippen LogP contribution in [0.4, 0.5) is 0 Å². The minimum Gasteiger partial charge on any atom is -0.356 e. The summed E-state index contributed by atoms with van der Waals surface area (Å²) in [7, 11) is 1.80. The van der Waals surface area contributed by atoms with E-state index in [1.165, 1.54) is 15.4 Å². The second-order valence-electron chi connectivity index (χ2n) is 5.27. The molecule has 1 aromatic heterocycles. The molecule has 0 bridgehead atoms. The minimum absolute atomic E-state index is 0.845. The summed E-state index contributed by atoms with van der Waals surface area (Å²) in [6, 6.07) is 8.46. The minimum atomic E-state index is 0.845. The van der Waals surface area contributed by atoms with E-state index in [1.807, 2.05) is 6.20 Å². The van der Waals surface area contributed by atoms with Gasteiger partial charge in [0.15, 0.2) is 5.96 Å². The average Bonchev–Trinajstić information content (AvgIpc) is 2.95. The van der Waals surface area contributed by atoms with Crippen molar-refractivity contribution in [2.75, 3.05) is 20.1 Å². The lowest BCUT2D eigenvalue weighted by Gasteiger charge is -2.11. The summed E-state index contributed by atoms with van der Waals surface area (Å²) in [6.07, 6.45) is 4.98. The summed E-state index contributed by atoms with van der Waals surface area (Å²) < 4.78 is 1.14. The summed E-state index contributed by atoms with van der Waals surface area (Å²) in [5.41, 5.74) is 1.35. The Morgan fingerprint density at radius 3 is 2.78 bits per heavy atom. The van der Waals surface area contributed by atoms with Crippen molar-refractivity contribution in [3.05, 3.63) is 50.4 Å². The van der Waals surface area contributed by atoms with Crippen LogP contribution in [0.25, 0.3) is 0 Å². The lowest BCUT2D eigenvalue weighted by molar-refractivity contribution is 0.738. The van der Waals surface area contributed by atoms with Gasteiger partial charge in [0.05, 0.1) is 5.01 Å². The highest BCUT2D eigenvalue weighted by Gasteiger charge is 2.01. The molecule has 1 aromatic carbocycles. The number of guanidine groups is 1. The van der Waals surface area contributed by atoms with E-state index in [1.54, 1.807) is 18.4 Å². The van der Waals surface area contributed by atoms with Gasteiger partial charge < -0.3 is 10.6 Å². The Balaban J connectivity index is 1.63. The smallest absolute Gasteiger partial charge is 0.190 e. The second-order valence-corrected chi connectivity index (χ2v) is 7.51. The SMILES string of the molecule is CN=C(NCCCc1cccc(Br)c1)NCCc1ncc(C)s1. The topological polar surface area (TPSA) is 49.3 Å². The lowest BCUT2D eigenvalue weighted by Crippen LogP contribution is -2.38. The molecule has 0 radical (unpaired) electrons. The summed E-state index contributed by atoms with van der Waals surface area (Å²) in [5, 5.41) is 7.86. The van der Waals surface area contributed by atoms with Gasteiger partial charge in [-0.05, 0) is 37.5 Å². The van der Waals surface area contributed by atoms with Gasteiger partial charge in [-0.1, -0.05) is 28.1 Å². The van der Waals surface area contributed by atoms with Crippen molar-refractivity contribution in [3.63, 3.8) is 0 Å². The van der Waals surface area contributed by atoms with E-state index in [-0.39, 0.29) is 0 Å². The largest absolute Gasteiger partial charge is 0.356 e. The van der Waals surface area contributed by atoms with Gasteiger partial charge in [-0.15, -0.1) is 11.3 Å². The van der Waals surface area contributed by atoms with Crippen LogP contribution in [0.1, 0.15) is 21.9 Å². The Bertz CT molecular complexity index is 639. The van der Waals surface area contributed by atoms with Crippen LogP contribution in [0.5, 0.6) is 0 Å². The van der Waals surface area contributed by atoms with Crippen molar-refractivity contribution < 1.29 is 0 Å². The van der Waals surface area contributed by atoms with Gasteiger partial charge in [-0.2, -0.15) is 0 Å². The van der Waals surface area contributed by atoms with Crippen molar-refractivity contribution in [1.82, 2.24) is 15.6 Å². The third-order valence-electron chi connectivity index (χ3n) is 3.35. The number of thiazole rings is 1. The first-order valence-corrected chi connectivity index (χ1v) is 9.38. The van der Waals surface area contributed by atoms with E-state index in [9.17, 15) is 0 Å². The molecule has 1 heterocycles. The first kappa shape index (κ1) is 17.9. The Labute approximate surface area is 150 Å². The zero-order valence-corrected chi connectivity index (χ0v) is 16.0. The number of benzene rings is 1. The zero-order valence-electron chi connectivity index (χ0n) is 13.6. The van der Waals surface area contributed by atoms with Crippen LogP contribution in [0, 0.1) is 6.92 Å². The molecule has 23 heavy (non-hydrogen) atoms. The molecule has 2 aromatic rings. The molecule has 2 rings (SSSR count). The third-order valence-corrected chi connectivity index (χ3v) is 4.81. The van der Waals surface area contributed by atoms with E-state index in [0.717, 1.165) is 42.8 Å². The Morgan fingerprint density at radius 1 is 1.26 bits per heavy atom. The molecular formula is C17H23BrN4S. The predicted molar refractivity (Wildman–Crippen MR) is 102 cm³/mol. The fraction of sp³-hybridized carbons (Fsp3) is 0.412. The van der Waals surface area contributed by atoms with Gasteiger partial charge in [0.2, 0.25) is 0 Å². The normalized spacial score (nSPS) is 11.5. The fourth-order valence-electron chi connectivity index (χ4n) is 2.22. The summed E-state index contributed by atoms with van der Waals surface area (Å²) in [6.45, 7) is 3.83. The zero-order chi connectivity index (χ0) is 16.5. The van der Waals surface area contributed by atoms with Crippen LogP contribution >= 0.6 is 27.3 Å². The lowest BCUT2D eigenvalue weighted by atomic mass is 10.1. The summed E-state index contributed by atoms with van der Waals surface area (Å²) in [5.74, 6) is 0.854. The molecule has 0 aliphatic rings. The van der Waals surface area contributed by atoms with E-state index in [0.29, 0.717) is 0 Å². The molecule has 0 atom stereocenters. The van der Waals surface area contributed by atoms with E-state index in [4.69, 9.17) is 0 Å².